The number of rotatable bonds is 2. The van der Waals surface area contributed by atoms with Crippen LogP contribution < -0.4 is 57.0 Å². The summed E-state index contributed by atoms with van der Waals surface area (Å²) >= 11 is 0. The highest BCUT2D eigenvalue weighted by Gasteiger charge is 2.46. The Kier molecular flexibility index (Phi) is 7.47. The summed E-state index contributed by atoms with van der Waals surface area (Å²) in [5.41, 5.74) is 26.0. The number of nitrogens with zero attached hydrogens (tertiary/aromatic N) is 3. The van der Waals surface area contributed by atoms with Gasteiger partial charge in [0.1, 0.15) is 34.2 Å². The van der Waals surface area contributed by atoms with Crippen molar-refractivity contribution < 1.29 is 13.9 Å². The molecule has 0 amide bonds. The summed E-state index contributed by atoms with van der Waals surface area (Å²) in [5.74, 6) is 4.05. The van der Waals surface area contributed by atoms with Gasteiger partial charge in [-0.05, 0) is 148 Å². The number of furan rings is 1. The zero-order chi connectivity index (χ0) is 44.6. The molecule has 0 spiro atoms. The lowest BCUT2D eigenvalue weighted by Gasteiger charge is -2.44. The summed E-state index contributed by atoms with van der Waals surface area (Å²) in [6.07, 6.45) is 10.2. The quantitative estimate of drug-likeness (QED) is 0.161. The zero-order valence-electron chi connectivity index (χ0n) is 38.5. The van der Waals surface area contributed by atoms with E-state index in [0.717, 1.165) is 116 Å². The Bertz CT molecular complexity index is 3540. The van der Waals surface area contributed by atoms with Crippen molar-refractivity contribution in [3.8, 4) is 23.0 Å². The Morgan fingerprint density at radius 1 is 0.435 bits per heavy atom. The molecule has 8 heterocycles. The Balaban J connectivity index is 0.854. The van der Waals surface area contributed by atoms with E-state index in [1.165, 1.54) is 107 Å². The topological polar surface area (TPSA) is 41.3 Å². The number of hydrogen-bond acceptors (Lipinski definition) is 6. The number of benzene rings is 8. The van der Waals surface area contributed by atoms with Crippen LogP contribution in [-0.2, 0) is 25.7 Å². The van der Waals surface area contributed by atoms with Gasteiger partial charge in [0.25, 0.3) is 13.4 Å². The molecule has 69 heavy (non-hydrogen) atoms. The Labute approximate surface area is 402 Å². The van der Waals surface area contributed by atoms with E-state index in [9.17, 15) is 0 Å². The monoisotopic (exact) mass is 891 g/mol. The van der Waals surface area contributed by atoms with Gasteiger partial charge < -0.3 is 28.6 Å². The second-order valence-electron chi connectivity index (χ2n) is 21.0. The highest BCUT2D eigenvalue weighted by atomic mass is 16.5. The molecular formula is C61H47B2N3O3. The first-order valence-electron chi connectivity index (χ1n) is 25.7. The molecule has 0 fully saturated rings. The van der Waals surface area contributed by atoms with Gasteiger partial charge in [-0.3, -0.25) is 0 Å². The van der Waals surface area contributed by atoms with Gasteiger partial charge in [-0.15, -0.1) is 0 Å². The van der Waals surface area contributed by atoms with Gasteiger partial charge in [-0.25, -0.2) is 0 Å². The minimum atomic E-state index is 0.0287. The molecule has 17 rings (SSSR count). The third-order valence-corrected chi connectivity index (χ3v) is 17.5. The van der Waals surface area contributed by atoms with Crippen LogP contribution in [0.1, 0.15) is 71.4 Å². The number of fused-ring (bicyclic) bond motifs is 13. The fraction of sp³-hybridized carbons (Fsp3) is 0.213. The van der Waals surface area contributed by atoms with E-state index in [-0.39, 0.29) is 13.4 Å². The molecule has 9 aromatic rings. The van der Waals surface area contributed by atoms with Crippen molar-refractivity contribution in [3.05, 3.63) is 167 Å². The van der Waals surface area contributed by atoms with E-state index in [1.54, 1.807) is 0 Å². The van der Waals surface area contributed by atoms with Crippen LogP contribution in [0.5, 0.6) is 23.0 Å². The van der Waals surface area contributed by atoms with Crippen molar-refractivity contribution in [1.82, 2.24) is 0 Å². The van der Waals surface area contributed by atoms with Gasteiger partial charge in [-0.1, -0.05) is 91.0 Å². The predicted octanol–water partition coefficient (Wildman–Crippen LogP) is 10.2. The molecule has 7 aliphatic heterocycles. The van der Waals surface area contributed by atoms with Crippen LogP contribution in [0.3, 0.4) is 0 Å². The second kappa shape index (κ2) is 13.7. The highest BCUT2D eigenvalue weighted by Crippen LogP contribution is 2.48. The van der Waals surface area contributed by atoms with Crippen LogP contribution in [-0.4, -0.2) is 33.1 Å². The van der Waals surface area contributed by atoms with Crippen LogP contribution in [0.2, 0.25) is 0 Å². The first-order chi connectivity index (χ1) is 34.2. The lowest BCUT2D eigenvalue weighted by atomic mass is 9.33. The fourth-order valence-corrected chi connectivity index (χ4v) is 14.7. The van der Waals surface area contributed by atoms with Crippen molar-refractivity contribution in [3.63, 3.8) is 0 Å². The Morgan fingerprint density at radius 2 is 1.00 bits per heavy atom. The van der Waals surface area contributed by atoms with Crippen LogP contribution in [0.15, 0.2) is 138 Å². The molecule has 8 aliphatic rings. The van der Waals surface area contributed by atoms with E-state index < -0.39 is 0 Å². The van der Waals surface area contributed by atoms with Gasteiger partial charge in [0.15, 0.2) is 0 Å². The van der Waals surface area contributed by atoms with E-state index in [4.69, 9.17) is 13.9 Å². The third kappa shape index (κ3) is 5.09. The van der Waals surface area contributed by atoms with Crippen molar-refractivity contribution >= 4 is 102 Å². The minimum Gasteiger partial charge on any atom is -0.458 e. The number of hydrogen-bond donors (Lipinski definition) is 0. The summed E-state index contributed by atoms with van der Waals surface area (Å²) in [4.78, 5) is 7.78. The molecule has 0 saturated carbocycles. The van der Waals surface area contributed by atoms with E-state index in [0.29, 0.717) is 5.92 Å². The van der Waals surface area contributed by atoms with E-state index in [2.05, 4.69) is 148 Å². The first kappa shape index (κ1) is 37.6. The standard InChI is InChI=1S/C61H47B2N3O3/c1-3-19-41-35(11-1)13-5-20-42(41)39-27-50-58-56(28-39)68-54-33-52-43(31-47(54)62(58)45-21-6-14-37-17-9-25-65(50)60(37)45)44-32-48-55(34-53(44)67-52)69-57-30-40(64-24-8-16-36-12-2-4-23-49(36)64)29-51-59(57)63(48)46-22-7-15-38-18-10-26-66(51)61(38)46/h1-4,6-7,11-12,14-15,19,21-23,27-34,42H,5,8-10,13,16-18,20,24-26H2. The maximum atomic E-state index is 7.24. The zero-order valence-corrected chi connectivity index (χ0v) is 38.5. The fourth-order valence-electron chi connectivity index (χ4n) is 14.7. The SMILES string of the molecule is c1ccc2c(c1)CCCC2c1cc2c3c(c1)N1CCCc4cccc(c41)B3c1cc3c(cc1O2)oc1cc2c(cc13)B1c3cccc4c3N(CCC4)c3cc(N4CCCc5ccccc54)cc(c31)O2. The maximum Gasteiger partial charge on any atom is 0.256 e. The molecule has 0 N–H and O–H groups in total. The van der Waals surface area contributed by atoms with Crippen LogP contribution in [0.25, 0.3) is 21.9 Å². The van der Waals surface area contributed by atoms with Crippen LogP contribution in [0.4, 0.5) is 34.1 Å². The molecular weight excluding hydrogens is 844 g/mol. The number of anilines is 6. The number of aryl methyl sites for hydroxylation is 4. The molecule has 330 valence electrons. The molecule has 6 nitrogen and oxygen atoms in total. The van der Waals surface area contributed by atoms with E-state index in [1.807, 2.05) is 0 Å². The van der Waals surface area contributed by atoms with Gasteiger partial charge >= 0.3 is 0 Å². The highest BCUT2D eigenvalue weighted by molar-refractivity contribution is 7.00. The van der Waals surface area contributed by atoms with Crippen LogP contribution in [0, 0.1) is 0 Å². The van der Waals surface area contributed by atoms with Gasteiger partial charge in [-0.2, -0.15) is 0 Å². The minimum absolute atomic E-state index is 0.0287. The average molecular weight is 892 g/mol. The number of ether oxygens (including phenoxy) is 2. The molecule has 0 bridgehead atoms. The lowest BCUT2D eigenvalue weighted by Crippen LogP contribution is -2.61. The van der Waals surface area contributed by atoms with Gasteiger partial charge in [0.05, 0.1) is 0 Å². The smallest absolute Gasteiger partial charge is 0.256 e. The Hall–Kier alpha value is -7.31. The predicted molar refractivity (Wildman–Crippen MR) is 283 cm³/mol. The molecule has 1 aliphatic carbocycles. The molecule has 8 heteroatoms. The lowest BCUT2D eigenvalue weighted by molar-refractivity contribution is 0.484. The molecule has 1 atom stereocenters. The van der Waals surface area contributed by atoms with Gasteiger partial charge in [0, 0.05) is 88.6 Å². The summed E-state index contributed by atoms with van der Waals surface area (Å²) in [7, 11) is 0. The molecule has 0 radical (unpaired) electrons. The van der Waals surface area contributed by atoms with Crippen molar-refractivity contribution in [2.24, 2.45) is 0 Å². The van der Waals surface area contributed by atoms with Crippen molar-refractivity contribution in [2.75, 3.05) is 34.3 Å². The Morgan fingerprint density at radius 3 is 1.70 bits per heavy atom. The normalized spacial score (nSPS) is 18.3. The molecule has 1 unspecified atom stereocenters. The summed E-state index contributed by atoms with van der Waals surface area (Å²) < 4.78 is 21.4. The maximum absolute atomic E-state index is 7.24. The molecule has 0 saturated heterocycles. The summed E-state index contributed by atoms with van der Waals surface area (Å²) in [6, 6.07) is 51.0. The summed E-state index contributed by atoms with van der Waals surface area (Å²) in [5, 5.41) is 2.25. The van der Waals surface area contributed by atoms with Gasteiger partial charge in [0.2, 0.25) is 0 Å². The van der Waals surface area contributed by atoms with E-state index >= 15 is 0 Å². The van der Waals surface area contributed by atoms with Crippen molar-refractivity contribution in [2.45, 2.75) is 63.7 Å². The third-order valence-electron chi connectivity index (χ3n) is 17.5. The van der Waals surface area contributed by atoms with Crippen LogP contribution >= 0.6 is 0 Å². The second-order valence-corrected chi connectivity index (χ2v) is 21.0. The average Bonchev–Trinajstić information content (AvgIpc) is 3.74. The number of para-hydroxylation sites is 3. The largest absolute Gasteiger partial charge is 0.458 e. The summed E-state index contributed by atoms with van der Waals surface area (Å²) in [6.45, 7) is 3.07. The first-order valence-corrected chi connectivity index (χ1v) is 25.7. The molecule has 8 aromatic carbocycles. The molecule has 1 aromatic heterocycles. The van der Waals surface area contributed by atoms with Crippen molar-refractivity contribution in [1.29, 1.82) is 0 Å².